The van der Waals surface area contributed by atoms with Crippen molar-refractivity contribution in [3.05, 3.63) is 35.1 Å². The number of furan rings is 1. The molecule has 1 aliphatic carbocycles. The minimum absolute atomic E-state index is 0.110. The Morgan fingerprint density at radius 1 is 1.04 bits per heavy atom. The Labute approximate surface area is 149 Å². The first-order chi connectivity index (χ1) is 11.9. The maximum absolute atomic E-state index is 12.4. The molecule has 2 heterocycles. The molecule has 2 aromatic rings. The third kappa shape index (κ3) is 3.48. The van der Waals surface area contributed by atoms with E-state index in [2.05, 4.69) is 36.9 Å². The summed E-state index contributed by atoms with van der Waals surface area (Å²) >= 11 is 0. The van der Waals surface area contributed by atoms with E-state index in [1.807, 2.05) is 0 Å². The van der Waals surface area contributed by atoms with Crippen molar-refractivity contribution in [2.24, 2.45) is 0 Å². The predicted octanol–water partition coefficient (Wildman–Crippen LogP) is 3.05. The zero-order valence-corrected chi connectivity index (χ0v) is 15.8. The predicted molar refractivity (Wildman–Crippen MR) is 99.1 cm³/mol. The van der Waals surface area contributed by atoms with Crippen LogP contribution in [0.25, 0.3) is 11.0 Å². The van der Waals surface area contributed by atoms with Crippen LogP contribution < -0.4 is 0 Å². The Morgan fingerprint density at radius 2 is 1.80 bits per heavy atom. The monoisotopic (exact) mass is 362 g/mol. The van der Waals surface area contributed by atoms with Crippen LogP contribution in [0, 0.1) is 13.8 Å². The molecule has 25 heavy (non-hydrogen) atoms. The number of hydrogen-bond donors (Lipinski definition) is 0. The lowest BCUT2D eigenvalue weighted by Gasteiger charge is -2.21. The molecule has 0 bridgehead atoms. The van der Waals surface area contributed by atoms with Crippen LogP contribution in [0.1, 0.15) is 36.1 Å². The highest BCUT2D eigenvalue weighted by Crippen LogP contribution is 2.31. The number of aryl methyl sites for hydroxylation is 2. The summed E-state index contributed by atoms with van der Waals surface area (Å²) in [5.41, 5.74) is 3.45. The van der Waals surface area contributed by atoms with Crippen LogP contribution >= 0.6 is 0 Å². The Hall–Kier alpha value is -1.37. The highest BCUT2D eigenvalue weighted by atomic mass is 32.2. The summed E-state index contributed by atoms with van der Waals surface area (Å²) < 4.78 is 32.6. The van der Waals surface area contributed by atoms with Gasteiger partial charge >= 0.3 is 0 Å². The van der Waals surface area contributed by atoms with Gasteiger partial charge in [-0.15, -0.1) is 0 Å². The topological polar surface area (TPSA) is 53.8 Å². The zero-order valence-electron chi connectivity index (χ0n) is 15.0. The first-order valence-electron chi connectivity index (χ1n) is 9.14. The highest BCUT2D eigenvalue weighted by Gasteiger charge is 2.40. The van der Waals surface area contributed by atoms with Crippen LogP contribution in [0.5, 0.6) is 0 Å². The Bertz CT molecular complexity index is 844. The largest absolute Gasteiger partial charge is 0.460 e. The fourth-order valence-corrected chi connectivity index (χ4v) is 5.47. The van der Waals surface area contributed by atoms with Gasteiger partial charge < -0.3 is 4.42 Å². The van der Waals surface area contributed by atoms with E-state index >= 15 is 0 Å². The van der Waals surface area contributed by atoms with Crippen molar-refractivity contribution in [2.75, 3.05) is 26.2 Å². The summed E-state index contributed by atoms with van der Waals surface area (Å²) in [4.78, 5) is 2.31. The molecule has 0 amide bonds. The molecule has 2 aliphatic rings. The molecule has 4 rings (SSSR count). The average molecular weight is 362 g/mol. The van der Waals surface area contributed by atoms with Crippen LogP contribution in [0.2, 0.25) is 0 Å². The molecular weight excluding hydrogens is 336 g/mol. The van der Waals surface area contributed by atoms with Gasteiger partial charge in [0.15, 0.2) is 0 Å². The first kappa shape index (κ1) is 17.1. The van der Waals surface area contributed by atoms with Gasteiger partial charge in [0, 0.05) is 25.0 Å². The molecule has 1 aliphatic heterocycles. The average Bonchev–Trinajstić information content (AvgIpc) is 3.36. The molecule has 0 atom stereocenters. The maximum atomic E-state index is 12.4. The third-order valence-electron chi connectivity index (χ3n) is 5.42. The molecule has 1 saturated carbocycles. The SMILES string of the molecule is Cc1cc2cc(CN3CCCN(S(=O)(=O)C4CC4)CC3)oc2cc1C. The molecule has 1 saturated heterocycles. The molecule has 0 N–H and O–H groups in total. The van der Waals surface area contributed by atoms with Crippen molar-refractivity contribution in [2.45, 2.75) is 44.9 Å². The van der Waals surface area contributed by atoms with Crippen molar-refractivity contribution in [3.8, 4) is 0 Å². The number of sulfonamides is 1. The lowest BCUT2D eigenvalue weighted by molar-refractivity contribution is 0.258. The van der Waals surface area contributed by atoms with E-state index in [0.717, 1.165) is 55.6 Å². The van der Waals surface area contributed by atoms with Crippen LogP contribution in [-0.4, -0.2) is 49.1 Å². The van der Waals surface area contributed by atoms with E-state index in [-0.39, 0.29) is 5.25 Å². The van der Waals surface area contributed by atoms with Gasteiger partial charge in [0.05, 0.1) is 11.8 Å². The van der Waals surface area contributed by atoms with Crippen LogP contribution in [-0.2, 0) is 16.6 Å². The van der Waals surface area contributed by atoms with Crippen LogP contribution in [0.15, 0.2) is 22.6 Å². The summed E-state index contributed by atoms with van der Waals surface area (Å²) in [6, 6.07) is 6.38. The third-order valence-corrected chi connectivity index (χ3v) is 7.81. The van der Waals surface area contributed by atoms with Crippen molar-refractivity contribution < 1.29 is 12.8 Å². The quantitative estimate of drug-likeness (QED) is 0.839. The van der Waals surface area contributed by atoms with E-state index in [4.69, 9.17) is 4.42 Å². The molecular formula is C19H26N2O3S. The number of rotatable bonds is 4. The van der Waals surface area contributed by atoms with Gasteiger partial charge in [-0.25, -0.2) is 12.7 Å². The number of fused-ring (bicyclic) bond motifs is 1. The molecule has 1 aromatic heterocycles. The van der Waals surface area contributed by atoms with Gasteiger partial charge in [-0.05, 0) is 69.0 Å². The van der Waals surface area contributed by atoms with Gasteiger partial charge in [-0.2, -0.15) is 0 Å². The highest BCUT2D eigenvalue weighted by molar-refractivity contribution is 7.90. The van der Waals surface area contributed by atoms with Gasteiger partial charge in [0.2, 0.25) is 10.0 Å². The number of benzene rings is 1. The summed E-state index contributed by atoms with van der Waals surface area (Å²) in [7, 11) is -3.06. The van der Waals surface area contributed by atoms with Crippen molar-refractivity contribution in [3.63, 3.8) is 0 Å². The van der Waals surface area contributed by atoms with Crippen molar-refractivity contribution >= 4 is 21.0 Å². The number of hydrogen-bond acceptors (Lipinski definition) is 4. The molecule has 136 valence electrons. The molecule has 0 spiro atoms. The Morgan fingerprint density at radius 3 is 2.56 bits per heavy atom. The molecule has 1 aromatic carbocycles. The van der Waals surface area contributed by atoms with Gasteiger partial charge in [0.1, 0.15) is 11.3 Å². The van der Waals surface area contributed by atoms with E-state index in [9.17, 15) is 8.42 Å². The fraction of sp³-hybridized carbons (Fsp3) is 0.579. The normalized spacial score (nSPS) is 20.9. The van der Waals surface area contributed by atoms with E-state index in [1.165, 1.54) is 11.1 Å². The summed E-state index contributed by atoms with van der Waals surface area (Å²) in [6.45, 7) is 7.87. The van der Waals surface area contributed by atoms with Gasteiger partial charge in [-0.3, -0.25) is 4.90 Å². The standard InChI is InChI=1S/C19H26N2O3S/c1-14-10-16-12-17(24-19(16)11-15(14)2)13-20-6-3-7-21(9-8-20)25(22,23)18-4-5-18/h10-12,18H,3-9,13H2,1-2H3. The zero-order chi connectivity index (χ0) is 17.6. The Balaban J connectivity index is 1.44. The maximum Gasteiger partial charge on any atom is 0.217 e. The van der Waals surface area contributed by atoms with Crippen LogP contribution in [0.4, 0.5) is 0 Å². The molecule has 5 nitrogen and oxygen atoms in total. The fourth-order valence-electron chi connectivity index (χ4n) is 3.59. The van der Waals surface area contributed by atoms with E-state index in [0.29, 0.717) is 13.1 Å². The second kappa shape index (κ2) is 6.41. The van der Waals surface area contributed by atoms with E-state index in [1.54, 1.807) is 4.31 Å². The summed E-state index contributed by atoms with van der Waals surface area (Å²) in [5, 5.41) is 1.03. The second-order valence-electron chi connectivity index (χ2n) is 7.46. The lowest BCUT2D eigenvalue weighted by atomic mass is 10.1. The first-order valence-corrected chi connectivity index (χ1v) is 10.6. The van der Waals surface area contributed by atoms with Gasteiger partial charge in [0.25, 0.3) is 0 Å². The minimum atomic E-state index is -3.06. The van der Waals surface area contributed by atoms with E-state index < -0.39 is 10.0 Å². The summed E-state index contributed by atoms with van der Waals surface area (Å²) in [5.74, 6) is 0.957. The van der Waals surface area contributed by atoms with Crippen molar-refractivity contribution in [1.82, 2.24) is 9.21 Å². The smallest absolute Gasteiger partial charge is 0.217 e. The Kier molecular flexibility index (Phi) is 4.38. The minimum Gasteiger partial charge on any atom is -0.460 e. The number of nitrogens with zero attached hydrogens (tertiary/aromatic N) is 2. The van der Waals surface area contributed by atoms with Crippen LogP contribution in [0.3, 0.4) is 0 Å². The van der Waals surface area contributed by atoms with Crippen molar-refractivity contribution in [1.29, 1.82) is 0 Å². The molecule has 2 fully saturated rings. The van der Waals surface area contributed by atoms with Gasteiger partial charge in [-0.1, -0.05) is 0 Å². The molecule has 0 radical (unpaired) electrons. The lowest BCUT2D eigenvalue weighted by Crippen LogP contribution is -2.37. The second-order valence-corrected chi connectivity index (χ2v) is 9.67. The summed E-state index contributed by atoms with van der Waals surface area (Å²) in [6.07, 6.45) is 2.55. The molecule has 6 heteroatoms. The molecule has 0 unspecified atom stereocenters.